The van der Waals surface area contributed by atoms with Gasteiger partial charge in [0.15, 0.2) is 0 Å². The summed E-state index contributed by atoms with van der Waals surface area (Å²) in [7, 11) is 1.57. The molecule has 0 radical (unpaired) electrons. The molecule has 198 valence electrons. The number of hydrogen-bond acceptors (Lipinski definition) is 9. The fourth-order valence-electron chi connectivity index (χ4n) is 2.93. The molecule has 1 N–H and O–H groups in total. The van der Waals surface area contributed by atoms with Gasteiger partial charge in [-0.15, -0.1) is 0 Å². The van der Waals surface area contributed by atoms with Crippen molar-refractivity contribution >= 4 is 39.8 Å². The number of nitrogens with one attached hydrogen (secondary N) is 1. The molecule has 1 aromatic heterocycles. The Balaban J connectivity index is 1.77. The van der Waals surface area contributed by atoms with Crippen molar-refractivity contribution in [1.29, 1.82) is 0 Å². The predicted molar refractivity (Wildman–Crippen MR) is 139 cm³/mol. The highest BCUT2D eigenvalue weighted by Gasteiger charge is 2.28. The van der Waals surface area contributed by atoms with Crippen LogP contribution in [0.2, 0.25) is 5.02 Å². The van der Waals surface area contributed by atoms with E-state index in [0.29, 0.717) is 36.3 Å². The summed E-state index contributed by atoms with van der Waals surface area (Å²) in [5.41, 5.74) is 0.601. The summed E-state index contributed by atoms with van der Waals surface area (Å²) in [5.74, 6) is 0.495. The minimum absolute atomic E-state index is 0.102. The van der Waals surface area contributed by atoms with E-state index in [1.165, 1.54) is 0 Å². The number of nitrogens with zero attached hydrogens (tertiary/aromatic N) is 1. The van der Waals surface area contributed by atoms with Crippen molar-refractivity contribution in [3.05, 3.63) is 45.4 Å². The number of halogens is 2. The summed E-state index contributed by atoms with van der Waals surface area (Å²) in [6.45, 7) is 9.76. The fourth-order valence-corrected chi connectivity index (χ4v) is 3.52. The minimum Gasteiger partial charge on any atom is -0.481 e. The Morgan fingerprint density at radius 2 is 1.75 bits per heavy atom. The first-order chi connectivity index (χ1) is 16.8. The van der Waals surface area contributed by atoms with Crippen molar-refractivity contribution in [1.82, 2.24) is 10.3 Å². The smallest absolute Gasteiger partial charge is 0.481 e. The number of pyridine rings is 1. The van der Waals surface area contributed by atoms with E-state index in [1.807, 2.05) is 30.3 Å². The molecule has 1 aromatic carbocycles. The Kier molecular flexibility index (Phi) is 11.0. The molecular weight excluding hydrogens is 556 g/mol. The van der Waals surface area contributed by atoms with E-state index in [0.717, 1.165) is 15.6 Å². The first-order valence-electron chi connectivity index (χ1n) is 11.2. The van der Waals surface area contributed by atoms with Gasteiger partial charge in [-0.05, 0) is 62.7 Å². The van der Waals surface area contributed by atoms with Crippen LogP contribution in [-0.4, -0.2) is 55.4 Å². The number of methoxy groups -OCH3 is 1. The second kappa shape index (κ2) is 13.2. The number of aromatic nitrogens is 1. The third kappa shape index (κ3) is 9.93. The van der Waals surface area contributed by atoms with Gasteiger partial charge >= 0.3 is 12.3 Å². The average Bonchev–Trinajstić information content (AvgIpc) is 2.76. The highest BCUT2D eigenvalue weighted by atomic mass is 79.9. The summed E-state index contributed by atoms with van der Waals surface area (Å²) < 4.78 is 26.4. The summed E-state index contributed by atoms with van der Waals surface area (Å²) >= 11 is 9.82. The molecule has 9 nitrogen and oxygen atoms in total. The van der Waals surface area contributed by atoms with Crippen LogP contribution in [0.1, 0.15) is 40.2 Å². The number of rotatable bonds is 10. The third-order valence-electron chi connectivity index (χ3n) is 4.46. The maximum atomic E-state index is 11.8. The van der Waals surface area contributed by atoms with E-state index in [9.17, 15) is 9.59 Å². The molecule has 0 saturated carbocycles. The Morgan fingerprint density at radius 1 is 1.06 bits per heavy atom. The molecule has 0 fully saturated rings. The lowest BCUT2D eigenvalue weighted by molar-refractivity contribution is -0.0643. The Bertz CT molecular complexity index is 1060. The van der Waals surface area contributed by atoms with Crippen LogP contribution in [0.15, 0.2) is 34.8 Å². The third-order valence-corrected chi connectivity index (χ3v) is 5.76. The van der Waals surface area contributed by atoms with Crippen LogP contribution in [0, 0.1) is 0 Å². The van der Waals surface area contributed by atoms with Crippen LogP contribution in [0.4, 0.5) is 9.59 Å². The van der Waals surface area contributed by atoms with Crippen LogP contribution in [0.5, 0.6) is 5.88 Å². The molecule has 0 aliphatic carbocycles. The van der Waals surface area contributed by atoms with Gasteiger partial charge in [-0.3, -0.25) is 0 Å². The van der Waals surface area contributed by atoms with Gasteiger partial charge in [0.1, 0.15) is 11.2 Å². The van der Waals surface area contributed by atoms with Crippen LogP contribution in [0.3, 0.4) is 0 Å². The van der Waals surface area contributed by atoms with Crippen LogP contribution < -0.4 is 10.1 Å². The van der Waals surface area contributed by atoms with Gasteiger partial charge in [-0.1, -0.05) is 29.8 Å². The number of hydrogen-bond donors (Lipinski definition) is 1. The van der Waals surface area contributed by atoms with Gasteiger partial charge in [0.25, 0.3) is 0 Å². The molecule has 0 spiro atoms. The molecule has 0 unspecified atom stereocenters. The molecule has 2 rings (SSSR count). The summed E-state index contributed by atoms with van der Waals surface area (Å²) in [6.07, 6.45) is -2.27. The zero-order valence-corrected chi connectivity index (χ0v) is 23.6. The van der Waals surface area contributed by atoms with Crippen molar-refractivity contribution < 1.29 is 33.3 Å². The number of ether oxygens (including phenoxy) is 5. The molecular formula is C25H32BrClN2O7. The zero-order chi connectivity index (χ0) is 26.9. The van der Waals surface area contributed by atoms with Crippen molar-refractivity contribution in [2.24, 2.45) is 0 Å². The Morgan fingerprint density at radius 3 is 2.42 bits per heavy atom. The maximum absolute atomic E-state index is 11.8. The first kappa shape index (κ1) is 29.8. The maximum Gasteiger partial charge on any atom is 0.519 e. The van der Waals surface area contributed by atoms with Gasteiger partial charge in [-0.2, -0.15) is 0 Å². The van der Waals surface area contributed by atoms with Crippen LogP contribution >= 0.6 is 27.5 Å². The van der Waals surface area contributed by atoms with Crippen molar-refractivity contribution in [3.63, 3.8) is 0 Å². The summed E-state index contributed by atoms with van der Waals surface area (Å²) in [6, 6.07) is 9.48. The van der Waals surface area contributed by atoms with Gasteiger partial charge in [0, 0.05) is 28.7 Å². The molecule has 1 heterocycles. The largest absolute Gasteiger partial charge is 0.519 e. The van der Waals surface area contributed by atoms with E-state index in [2.05, 4.69) is 31.0 Å². The summed E-state index contributed by atoms with van der Waals surface area (Å²) in [4.78, 5) is 28.0. The minimum atomic E-state index is -1.15. The molecule has 0 amide bonds. The SMILES string of the molecule is COc1nc(-c2cccc(Br)c2Cl)ccc1CNCCOCC(C)(C)OC(=O)OC(=O)OC(C)(C)C. The second-order valence-corrected chi connectivity index (χ2v) is 10.6. The molecule has 0 saturated heterocycles. The lowest BCUT2D eigenvalue weighted by Crippen LogP contribution is -2.36. The van der Waals surface area contributed by atoms with E-state index in [-0.39, 0.29) is 6.61 Å². The van der Waals surface area contributed by atoms with Crippen LogP contribution in [-0.2, 0) is 25.5 Å². The zero-order valence-electron chi connectivity index (χ0n) is 21.3. The Labute approximate surface area is 224 Å². The number of carbonyl (C=O) groups excluding carboxylic acids is 2. The van der Waals surface area contributed by atoms with E-state index in [1.54, 1.807) is 41.7 Å². The average molecular weight is 588 g/mol. The number of carbonyl (C=O) groups is 2. The quantitative estimate of drug-likeness (QED) is 0.199. The van der Waals surface area contributed by atoms with E-state index >= 15 is 0 Å². The van der Waals surface area contributed by atoms with Gasteiger partial charge in [-0.25, -0.2) is 14.6 Å². The summed E-state index contributed by atoms with van der Waals surface area (Å²) in [5, 5.41) is 3.84. The van der Waals surface area contributed by atoms with E-state index < -0.39 is 23.5 Å². The normalized spacial score (nSPS) is 11.7. The van der Waals surface area contributed by atoms with Gasteiger partial charge in [0.05, 0.1) is 31.0 Å². The highest BCUT2D eigenvalue weighted by Crippen LogP contribution is 2.34. The van der Waals surface area contributed by atoms with Crippen molar-refractivity contribution in [2.75, 3.05) is 26.9 Å². The lowest BCUT2D eigenvalue weighted by atomic mass is 10.1. The predicted octanol–water partition coefficient (Wildman–Crippen LogP) is 6.15. The van der Waals surface area contributed by atoms with Gasteiger partial charge < -0.3 is 29.0 Å². The molecule has 0 aliphatic rings. The topological polar surface area (TPSA) is 105 Å². The lowest BCUT2D eigenvalue weighted by Gasteiger charge is -2.24. The molecule has 0 atom stereocenters. The molecule has 11 heteroatoms. The van der Waals surface area contributed by atoms with Gasteiger partial charge in [0.2, 0.25) is 5.88 Å². The van der Waals surface area contributed by atoms with Crippen LogP contribution in [0.25, 0.3) is 11.3 Å². The standard InChI is InChI=1S/C25H32BrClN2O7/c1-24(2,3)35-22(30)34-23(31)36-25(4,5)15-33-13-12-28-14-16-10-11-19(29-21(16)32-6)17-8-7-9-18(26)20(17)27/h7-11,28H,12-15H2,1-6H3. The monoisotopic (exact) mass is 586 g/mol. The van der Waals surface area contributed by atoms with Crippen molar-refractivity contribution in [3.8, 4) is 17.1 Å². The molecule has 0 aliphatic heterocycles. The molecule has 2 aromatic rings. The molecule has 0 bridgehead atoms. The molecule has 36 heavy (non-hydrogen) atoms. The number of benzene rings is 1. The first-order valence-corrected chi connectivity index (χ1v) is 12.4. The second-order valence-electron chi connectivity index (χ2n) is 9.37. The fraction of sp³-hybridized carbons (Fsp3) is 0.480. The Hall–Kier alpha value is -2.40. The highest BCUT2D eigenvalue weighted by molar-refractivity contribution is 9.10. The van der Waals surface area contributed by atoms with Crippen molar-refractivity contribution in [2.45, 2.75) is 52.4 Å². The van der Waals surface area contributed by atoms with E-state index in [4.69, 9.17) is 30.5 Å².